The van der Waals surface area contributed by atoms with Crippen LogP contribution in [0.1, 0.15) is 18.4 Å². The minimum atomic E-state index is -1.11. The number of rotatable bonds is 2. The number of fused-ring (bicyclic) bond motifs is 1. The second-order valence-electron chi connectivity index (χ2n) is 4.17. The zero-order valence-corrected chi connectivity index (χ0v) is 10.2. The van der Waals surface area contributed by atoms with Crippen molar-refractivity contribution in [2.45, 2.75) is 18.3 Å². The number of benzene rings is 1. The fraction of sp³-hybridized carbons (Fsp3) is 0.364. The van der Waals surface area contributed by atoms with Crippen molar-refractivity contribution >= 4 is 21.9 Å². The molecule has 0 radical (unpaired) electrons. The number of carbonyl (C=O) groups is 1. The first-order valence-corrected chi connectivity index (χ1v) is 5.87. The Bertz CT molecular complexity index is 525. The van der Waals surface area contributed by atoms with E-state index in [1.165, 1.54) is 6.07 Å². The van der Waals surface area contributed by atoms with Gasteiger partial charge in [-0.25, -0.2) is 4.39 Å². The predicted molar refractivity (Wildman–Crippen MR) is 58.8 cm³/mol. The fourth-order valence-electron chi connectivity index (χ4n) is 2.11. The molecule has 1 aliphatic carbocycles. The summed E-state index contributed by atoms with van der Waals surface area (Å²) >= 11 is 3.22. The molecular weight excluding hydrogens is 295 g/mol. The zero-order chi connectivity index (χ0) is 12.2. The van der Waals surface area contributed by atoms with Gasteiger partial charge in [-0.05, 0) is 28.8 Å². The number of ether oxygens (including phenoxy) is 2. The van der Waals surface area contributed by atoms with Gasteiger partial charge in [0, 0.05) is 11.6 Å². The number of hydrogen-bond donors (Lipinski definition) is 1. The van der Waals surface area contributed by atoms with Gasteiger partial charge in [-0.1, -0.05) is 0 Å². The van der Waals surface area contributed by atoms with E-state index in [0.29, 0.717) is 28.8 Å². The molecule has 0 atom stereocenters. The average Bonchev–Trinajstić information content (AvgIpc) is 2.91. The van der Waals surface area contributed by atoms with Gasteiger partial charge in [0.2, 0.25) is 6.79 Å². The molecule has 0 amide bonds. The van der Waals surface area contributed by atoms with Crippen LogP contribution in [0.15, 0.2) is 10.5 Å². The van der Waals surface area contributed by atoms with Crippen molar-refractivity contribution in [2.24, 2.45) is 0 Å². The second-order valence-corrected chi connectivity index (χ2v) is 4.96. The molecule has 0 unspecified atom stereocenters. The normalized spacial score (nSPS) is 19.2. The van der Waals surface area contributed by atoms with Crippen LogP contribution in [0.4, 0.5) is 4.39 Å². The van der Waals surface area contributed by atoms with Crippen molar-refractivity contribution in [1.82, 2.24) is 0 Å². The smallest absolute Gasteiger partial charge is 0.314 e. The summed E-state index contributed by atoms with van der Waals surface area (Å²) in [6.45, 7) is 0.0247. The molecule has 1 aromatic rings. The second kappa shape index (κ2) is 3.35. The van der Waals surface area contributed by atoms with E-state index in [1.54, 1.807) is 0 Å². The highest BCUT2D eigenvalue weighted by Gasteiger charge is 2.55. The third kappa shape index (κ3) is 1.36. The monoisotopic (exact) mass is 302 g/mol. The largest absolute Gasteiger partial charge is 0.481 e. The Morgan fingerprint density at radius 3 is 2.76 bits per heavy atom. The lowest BCUT2D eigenvalue weighted by molar-refractivity contribution is -0.140. The summed E-state index contributed by atoms with van der Waals surface area (Å²) in [6, 6.07) is 1.19. The number of carboxylic acids is 1. The SMILES string of the molecule is O=C(O)C1(c2c(F)cc3c(c2Br)OCO3)CC1. The van der Waals surface area contributed by atoms with E-state index in [9.17, 15) is 14.3 Å². The maximum absolute atomic E-state index is 14.0. The van der Waals surface area contributed by atoms with Gasteiger partial charge >= 0.3 is 5.97 Å². The van der Waals surface area contributed by atoms with Crippen LogP contribution in [0.3, 0.4) is 0 Å². The summed E-state index contributed by atoms with van der Waals surface area (Å²) < 4.78 is 24.6. The van der Waals surface area contributed by atoms with Crippen molar-refractivity contribution in [3.05, 3.63) is 21.9 Å². The van der Waals surface area contributed by atoms with Crippen LogP contribution in [-0.4, -0.2) is 17.9 Å². The molecule has 0 spiro atoms. The van der Waals surface area contributed by atoms with E-state index >= 15 is 0 Å². The fourth-order valence-corrected chi connectivity index (χ4v) is 2.99. The molecule has 17 heavy (non-hydrogen) atoms. The molecule has 0 saturated heterocycles. The molecule has 90 valence electrons. The van der Waals surface area contributed by atoms with Gasteiger partial charge in [-0.3, -0.25) is 4.79 Å². The first-order valence-electron chi connectivity index (χ1n) is 5.08. The third-order valence-corrected chi connectivity index (χ3v) is 3.95. The van der Waals surface area contributed by atoms with Crippen LogP contribution < -0.4 is 9.47 Å². The molecule has 2 aliphatic rings. The van der Waals surface area contributed by atoms with Gasteiger partial charge in [0.15, 0.2) is 11.5 Å². The highest BCUT2D eigenvalue weighted by molar-refractivity contribution is 9.10. The Morgan fingerprint density at radius 1 is 1.47 bits per heavy atom. The maximum atomic E-state index is 14.0. The van der Waals surface area contributed by atoms with Crippen molar-refractivity contribution in [3.8, 4) is 11.5 Å². The number of hydrogen-bond acceptors (Lipinski definition) is 3. The minimum Gasteiger partial charge on any atom is -0.481 e. The van der Waals surface area contributed by atoms with Crippen LogP contribution >= 0.6 is 15.9 Å². The van der Waals surface area contributed by atoms with Gasteiger partial charge in [0.1, 0.15) is 5.82 Å². The van der Waals surface area contributed by atoms with Crippen LogP contribution in [0.25, 0.3) is 0 Å². The molecule has 4 nitrogen and oxygen atoms in total. The third-order valence-electron chi connectivity index (χ3n) is 3.19. The highest BCUT2D eigenvalue weighted by atomic mass is 79.9. The van der Waals surface area contributed by atoms with Crippen molar-refractivity contribution in [2.75, 3.05) is 6.79 Å². The van der Waals surface area contributed by atoms with Crippen molar-refractivity contribution in [1.29, 1.82) is 0 Å². The molecule has 0 bridgehead atoms. The Balaban J connectivity index is 2.21. The molecule has 1 N–H and O–H groups in total. The van der Waals surface area contributed by atoms with Crippen LogP contribution in [-0.2, 0) is 10.2 Å². The van der Waals surface area contributed by atoms with Gasteiger partial charge in [-0.2, -0.15) is 0 Å². The minimum absolute atomic E-state index is 0.0247. The lowest BCUT2D eigenvalue weighted by Gasteiger charge is -2.14. The number of halogens is 2. The molecule has 6 heteroatoms. The van der Waals surface area contributed by atoms with Crippen molar-refractivity contribution < 1.29 is 23.8 Å². The zero-order valence-electron chi connectivity index (χ0n) is 8.63. The van der Waals surface area contributed by atoms with E-state index in [2.05, 4.69) is 15.9 Å². The average molecular weight is 303 g/mol. The summed E-state index contributed by atoms with van der Waals surface area (Å²) in [6.07, 6.45) is 0.884. The molecule has 1 saturated carbocycles. The topological polar surface area (TPSA) is 55.8 Å². The Labute approximate surface area is 104 Å². The van der Waals surface area contributed by atoms with E-state index in [1.807, 2.05) is 0 Å². The first kappa shape index (κ1) is 10.8. The summed E-state index contributed by atoms with van der Waals surface area (Å²) in [7, 11) is 0. The summed E-state index contributed by atoms with van der Waals surface area (Å²) in [5.74, 6) is -0.884. The lowest BCUT2D eigenvalue weighted by atomic mass is 9.95. The molecule has 1 fully saturated rings. The molecule has 1 aromatic carbocycles. The van der Waals surface area contributed by atoms with Crippen LogP contribution in [0.5, 0.6) is 11.5 Å². The lowest BCUT2D eigenvalue weighted by Crippen LogP contribution is -2.21. The maximum Gasteiger partial charge on any atom is 0.314 e. The van der Waals surface area contributed by atoms with Gasteiger partial charge in [0.25, 0.3) is 0 Å². The molecule has 1 heterocycles. The molecule has 3 rings (SSSR count). The predicted octanol–water partition coefficient (Wildman–Crippen LogP) is 2.43. The summed E-state index contributed by atoms with van der Waals surface area (Å²) in [4.78, 5) is 11.2. The Morgan fingerprint density at radius 2 is 2.18 bits per heavy atom. The van der Waals surface area contributed by atoms with Gasteiger partial charge < -0.3 is 14.6 Å². The number of aliphatic carboxylic acids is 1. The van der Waals surface area contributed by atoms with E-state index < -0.39 is 17.2 Å². The molecule has 0 aromatic heterocycles. The van der Waals surface area contributed by atoms with Crippen molar-refractivity contribution in [3.63, 3.8) is 0 Å². The summed E-state index contributed by atoms with van der Waals surface area (Å²) in [5.41, 5.74) is -0.946. The van der Waals surface area contributed by atoms with Crippen LogP contribution in [0, 0.1) is 5.82 Å². The van der Waals surface area contributed by atoms with E-state index in [4.69, 9.17) is 9.47 Å². The molecular formula is C11H8BrFO4. The summed E-state index contributed by atoms with van der Waals surface area (Å²) in [5, 5.41) is 9.20. The number of carboxylic acid groups (broad SMARTS) is 1. The standard InChI is InChI=1S/C11H8BrFO4/c12-8-7(11(1-2-11)10(14)15)5(13)3-6-9(8)17-4-16-6/h3H,1-2,4H2,(H,14,15). The van der Waals surface area contributed by atoms with E-state index in [0.717, 1.165) is 0 Å². The van der Waals surface area contributed by atoms with Crippen LogP contribution in [0.2, 0.25) is 0 Å². The van der Waals surface area contributed by atoms with Gasteiger partial charge in [-0.15, -0.1) is 0 Å². The highest BCUT2D eigenvalue weighted by Crippen LogP contribution is 2.55. The Hall–Kier alpha value is -1.30. The quantitative estimate of drug-likeness (QED) is 0.911. The Kier molecular flexibility index (Phi) is 2.13. The first-order chi connectivity index (χ1) is 8.06. The molecule has 1 aliphatic heterocycles. The van der Waals surface area contributed by atoms with Gasteiger partial charge in [0.05, 0.1) is 9.89 Å². The van der Waals surface area contributed by atoms with E-state index in [-0.39, 0.29) is 12.4 Å².